The minimum Gasteiger partial charge on any atom is -0.464 e. The van der Waals surface area contributed by atoms with Crippen LogP contribution in [0.25, 0.3) is 0 Å². The van der Waals surface area contributed by atoms with Gasteiger partial charge in [-0.1, -0.05) is 0 Å². The van der Waals surface area contributed by atoms with Crippen LogP contribution in [0.2, 0.25) is 0 Å². The van der Waals surface area contributed by atoms with Gasteiger partial charge < -0.3 is 4.74 Å². The van der Waals surface area contributed by atoms with Gasteiger partial charge in [0.05, 0.1) is 13.2 Å². The van der Waals surface area contributed by atoms with Crippen molar-refractivity contribution in [2.45, 2.75) is 18.9 Å². The average molecular weight is 245 g/mol. The van der Waals surface area contributed by atoms with E-state index in [-0.39, 0.29) is 5.97 Å². The molecule has 5 heteroatoms. The van der Waals surface area contributed by atoms with Crippen molar-refractivity contribution < 1.29 is 9.53 Å². The topological polar surface area (TPSA) is 44.1 Å². The number of rotatable bonds is 2. The molecule has 0 radical (unpaired) electrons. The normalized spacial score (nSPS) is 15.8. The van der Waals surface area contributed by atoms with Gasteiger partial charge in [-0.15, -0.1) is 0 Å². The van der Waals surface area contributed by atoms with E-state index in [1.165, 1.54) is 7.11 Å². The molecule has 0 unspecified atom stereocenters. The molecule has 1 aliphatic rings. The molecule has 0 spiro atoms. The summed E-state index contributed by atoms with van der Waals surface area (Å²) in [6.07, 6.45) is 2.19. The van der Waals surface area contributed by atoms with Gasteiger partial charge in [-0.2, -0.15) is 5.10 Å². The summed E-state index contributed by atoms with van der Waals surface area (Å²) in [6, 6.07) is 2.07. The van der Waals surface area contributed by atoms with E-state index in [2.05, 4.69) is 25.8 Å². The lowest BCUT2D eigenvalue weighted by molar-refractivity contribution is 0.0586. The number of carbonyl (C=O) groups excluding carboxylic acids is 1. The largest absolute Gasteiger partial charge is 0.464 e. The van der Waals surface area contributed by atoms with Crippen molar-refractivity contribution in [1.29, 1.82) is 0 Å². The van der Waals surface area contributed by atoms with Crippen molar-refractivity contribution in [3.8, 4) is 0 Å². The standard InChI is InChI=1S/C8H9BrN2O2/c1-13-8(12)6-4-7(9)10-11(6)5-2-3-5/h4-5H,2-3H2,1H3. The Kier molecular flexibility index (Phi) is 2.11. The quantitative estimate of drug-likeness (QED) is 0.746. The van der Waals surface area contributed by atoms with Crippen molar-refractivity contribution in [1.82, 2.24) is 9.78 Å². The van der Waals surface area contributed by atoms with Crippen LogP contribution >= 0.6 is 15.9 Å². The zero-order valence-electron chi connectivity index (χ0n) is 7.16. The molecule has 1 aliphatic carbocycles. The highest BCUT2D eigenvalue weighted by Crippen LogP contribution is 2.36. The number of esters is 1. The molecule has 0 aromatic carbocycles. The summed E-state index contributed by atoms with van der Waals surface area (Å²) in [5.41, 5.74) is 0.525. The van der Waals surface area contributed by atoms with Gasteiger partial charge in [0.25, 0.3) is 0 Å². The number of nitrogens with zero attached hydrogens (tertiary/aromatic N) is 2. The van der Waals surface area contributed by atoms with E-state index in [1.54, 1.807) is 10.7 Å². The Hall–Kier alpha value is -0.840. The van der Waals surface area contributed by atoms with E-state index >= 15 is 0 Å². The molecule has 0 bridgehead atoms. The first-order chi connectivity index (χ1) is 6.22. The zero-order valence-corrected chi connectivity index (χ0v) is 8.74. The predicted molar refractivity (Wildman–Crippen MR) is 49.5 cm³/mol. The number of methoxy groups -OCH3 is 1. The lowest BCUT2D eigenvalue weighted by atomic mass is 10.4. The second-order valence-electron chi connectivity index (χ2n) is 3.02. The summed E-state index contributed by atoms with van der Waals surface area (Å²) in [7, 11) is 1.38. The number of hydrogen-bond donors (Lipinski definition) is 0. The van der Waals surface area contributed by atoms with Gasteiger partial charge in [0, 0.05) is 6.07 Å². The van der Waals surface area contributed by atoms with E-state index in [0.29, 0.717) is 16.3 Å². The number of carbonyl (C=O) groups is 1. The Balaban J connectivity index is 2.36. The highest BCUT2D eigenvalue weighted by atomic mass is 79.9. The molecule has 1 aromatic heterocycles. The predicted octanol–water partition coefficient (Wildman–Crippen LogP) is 1.77. The van der Waals surface area contributed by atoms with Crippen molar-refractivity contribution in [2.24, 2.45) is 0 Å². The summed E-state index contributed by atoms with van der Waals surface area (Å²) in [4.78, 5) is 11.3. The molecule has 13 heavy (non-hydrogen) atoms. The molecular formula is C8H9BrN2O2. The monoisotopic (exact) mass is 244 g/mol. The Bertz CT molecular complexity index is 344. The fourth-order valence-electron chi connectivity index (χ4n) is 1.22. The molecule has 4 nitrogen and oxygen atoms in total. The van der Waals surface area contributed by atoms with E-state index in [0.717, 1.165) is 12.8 Å². The third kappa shape index (κ3) is 1.60. The van der Waals surface area contributed by atoms with Crippen LogP contribution in [0.5, 0.6) is 0 Å². The van der Waals surface area contributed by atoms with Crippen LogP contribution in [0.15, 0.2) is 10.7 Å². The van der Waals surface area contributed by atoms with Crippen LogP contribution in [0.4, 0.5) is 0 Å². The Morgan fingerprint density at radius 2 is 2.46 bits per heavy atom. The number of hydrogen-bond acceptors (Lipinski definition) is 3. The van der Waals surface area contributed by atoms with Crippen molar-refractivity contribution in [3.05, 3.63) is 16.4 Å². The van der Waals surface area contributed by atoms with Crippen molar-refractivity contribution >= 4 is 21.9 Å². The summed E-state index contributed by atoms with van der Waals surface area (Å²) in [5.74, 6) is -0.329. The Morgan fingerprint density at radius 1 is 1.77 bits per heavy atom. The molecular weight excluding hydrogens is 236 g/mol. The molecule has 1 aromatic rings. The van der Waals surface area contributed by atoms with Crippen LogP contribution in [-0.2, 0) is 4.74 Å². The average Bonchev–Trinajstić information content (AvgIpc) is 2.89. The summed E-state index contributed by atoms with van der Waals surface area (Å²) < 4.78 is 7.06. The van der Waals surface area contributed by atoms with Gasteiger partial charge >= 0.3 is 5.97 Å². The number of halogens is 1. The van der Waals surface area contributed by atoms with Crippen LogP contribution in [0, 0.1) is 0 Å². The molecule has 1 heterocycles. The minimum absolute atomic E-state index is 0.329. The van der Waals surface area contributed by atoms with E-state index in [1.807, 2.05) is 0 Å². The minimum atomic E-state index is -0.329. The van der Waals surface area contributed by atoms with E-state index < -0.39 is 0 Å². The van der Waals surface area contributed by atoms with Crippen LogP contribution in [0.3, 0.4) is 0 Å². The van der Waals surface area contributed by atoms with Gasteiger partial charge in [-0.05, 0) is 28.8 Å². The third-order valence-corrected chi connectivity index (χ3v) is 2.38. The fourth-order valence-corrected chi connectivity index (χ4v) is 1.61. The van der Waals surface area contributed by atoms with Gasteiger partial charge in [0.15, 0.2) is 0 Å². The molecule has 2 rings (SSSR count). The van der Waals surface area contributed by atoms with Crippen molar-refractivity contribution in [2.75, 3.05) is 7.11 Å². The van der Waals surface area contributed by atoms with Gasteiger partial charge in [0.1, 0.15) is 10.3 Å². The van der Waals surface area contributed by atoms with E-state index in [4.69, 9.17) is 0 Å². The summed E-state index contributed by atoms with van der Waals surface area (Å²) in [6.45, 7) is 0. The Morgan fingerprint density at radius 3 is 3.00 bits per heavy atom. The first-order valence-electron chi connectivity index (χ1n) is 4.05. The van der Waals surface area contributed by atoms with Crippen LogP contribution in [0.1, 0.15) is 29.4 Å². The highest BCUT2D eigenvalue weighted by molar-refractivity contribution is 9.10. The molecule has 0 saturated heterocycles. The zero-order chi connectivity index (χ0) is 9.42. The van der Waals surface area contributed by atoms with Gasteiger partial charge in [0.2, 0.25) is 0 Å². The van der Waals surface area contributed by atoms with E-state index in [9.17, 15) is 4.79 Å². The molecule has 0 aliphatic heterocycles. The van der Waals surface area contributed by atoms with Gasteiger partial charge in [-0.3, -0.25) is 4.68 Å². The van der Waals surface area contributed by atoms with Gasteiger partial charge in [-0.25, -0.2) is 4.79 Å². The molecule has 0 N–H and O–H groups in total. The van der Waals surface area contributed by atoms with Crippen molar-refractivity contribution in [3.63, 3.8) is 0 Å². The molecule has 70 valence electrons. The first kappa shape index (κ1) is 8.74. The first-order valence-corrected chi connectivity index (χ1v) is 4.85. The Labute approximate surface area is 84.0 Å². The maximum Gasteiger partial charge on any atom is 0.356 e. The smallest absolute Gasteiger partial charge is 0.356 e. The summed E-state index contributed by atoms with van der Waals surface area (Å²) >= 11 is 3.24. The van der Waals surface area contributed by atoms with Crippen LogP contribution < -0.4 is 0 Å². The van der Waals surface area contributed by atoms with Crippen LogP contribution in [-0.4, -0.2) is 22.9 Å². The molecule has 1 saturated carbocycles. The molecule has 0 atom stereocenters. The molecule has 0 amide bonds. The lowest BCUT2D eigenvalue weighted by Gasteiger charge is -2.02. The number of ether oxygens (including phenoxy) is 1. The second-order valence-corrected chi connectivity index (χ2v) is 3.83. The maximum absolute atomic E-state index is 11.3. The third-order valence-electron chi connectivity index (χ3n) is 1.99. The summed E-state index contributed by atoms with van der Waals surface area (Å²) in [5, 5.41) is 4.17. The SMILES string of the molecule is COC(=O)c1cc(Br)nn1C1CC1. The maximum atomic E-state index is 11.3. The molecule has 1 fully saturated rings. The number of aromatic nitrogens is 2. The lowest BCUT2D eigenvalue weighted by Crippen LogP contribution is -2.10. The fraction of sp³-hybridized carbons (Fsp3) is 0.500. The highest BCUT2D eigenvalue weighted by Gasteiger charge is 2.29. The second kappa shape index (κ2) is 3.14.